The molecule has 2 rings (SSSR count). The fourth-order valence-corrected chi connectivity index (χ4v) is 1.73. The van der Waals surface area contributed by atoms with Crippen LogP contribution in [0.4, 0.5) is 13.2 Å². The smallest absolute Gasteiger partial charge is 0.279 e. The Labute approximate surface area is 106 Å². The van der Waals surface area contributed by atoms with Crippen molar-refractivity contribution in [2.45, 2.75) is 32.4 Å². The maximum Gasteiger partial charge on any atom is 0.451 e. The fourth-order valence-electron chi connectivity index (χ4n) is 1.52. The molecule has 0 bridgehead atoms. The molecular weight excluding hydrogens is 269 g/mol. The largest absolute Gasteiger partial charge is 0.451 e. The molecule has 0 aliphatic rings. The summed E-state index contributed by atoms with van der Waals surface area (Å²) in [6, 6.07) is 0. The van der Waals surface area contributed by atoms with Gasteiger partial charge in [-0.05, 0) is 0 Å². The van der Waals surface area contributed by atoms with Crippen molar-refractivity contribution in [1.82, 2.24) is 20.2 Å². The number of aromatic amines is 1. The van der Waals surface area contributed by atoms with Crippen LogP contribution < -0.4 is 0 Å². The Morgan fingerprint density at radius 3 is 2.17 bits per heavy atom. The van der Waals surface area contributed by atoms with E-state index in [0.29, 0.717) is 5.69 Å². The van der Waals surface area contributed by atoms with E-state index >= 15 is 0 Å². The monoisotopic (exact) mass is 278 g/mol. The lowest BCUT2D eigenvalue weighted by molar-refractivity contribution is -0.144. The highest BCUT2D eigenvalue weighted by molar-refractivity contribution is 6.33. The molecule has 98 valence electrons. The lowest BCUT2D eigenvalue weighted by atomic mass is 9.91. The molecule has 0 spiro atoms. The van der Waals surface area contributed by atoms with Crippen LogP contribution in [0.25, 0.3) is 11.0 Å². The number of rotatable bonds is 0. The third-order valence-electron chi connectivity index (χ3n) is 2.36. The zero-order chi connectivity index (χ0) is 13.7. The molecule has 0 radical (unpaired) electrons. The van der Waals surface area contributed by atoms with E-state index in [-0.39, 0.29) is 16.2 Å². The van der Waals surface area contributed by atoms with Gasteiger partial charge in [-0.1, -0.05) is 32.4 Å². The van der Waals surface area contributed by atoms with E-state index < -0.39 is 17.4 Å². The molecule has 0 aliphatic heterocycles. The SMILES string of the molecule is CC(C)(C)c1[nH]nc2c(Cl)nc(C(F)(F)F)nc12. The summed E-state index contributed by atoms with van der Waals surface area (Å²) in [7, 11) is 0. The van der Waals surface area contributed by atoms with Gasteiger partial charge in [0, 0.05) is 5.41 Å². The number of nitrogens with one attached hydrogen (secondary N) is 1. The zero-order valence-electron chi connectivity index (χ0n) is 9.85. The molecule has 0 aliphatic carbocycles. The van der Waals surface area contributed by atoms with E-state index in [1.54, 1.807) is 0 Å². The summed E-state index contributed by atoms with van der Waals surface area (Å²) in [4.78, 5) is 6.73. The molecule has 0 amide bonds. The average molecular weight is 279 g/mol. The summed E-state index contributed by atoms with van der Waals surface area (Å²) in [5.74, 6) is -1.26. The minimum atomic E-state index is -4.63. The topological polar surface area (TPSA) is 54.5 Å². The molecule has 0 unspecified atom stereocenters. The van der Waals surface area contributed by atoms with Gasteiger partial charge in [0.2, 0.25) is 5.82 Å². The lowest BCUT2D eigenvalue weighted by Crippen LogP contribution is -2.15. The third-order valence-corrected chi connectivity index (χ3v) is 2.62. The van der Waals surface area contributed by atoms with E-state index in [0.717, 1.165) is 0 Å². The van der Waals surface area contributed by atoms with Crippen LogP contribution in [0.1, 0.15) is 32.3 Å². The summed E-state index contributed by atoms with van der Waals surface area (Å²) in [6.45, 7) is 5.51. The quantitative estimate of drug-likeness (QED) is 0.752. The van der Waals surface area contributed by atoms with Crippen molar-refractivity contribution in [3.8, 4) is 0 Å². The Balaban J connectivity index is 2.77. The molecule has 18 heavy (non-hydrogen) atoms. The Kier molecular flexibility index (Phi) is 2.77. The highest BCUT2D eigenvalue weighted by Crippen LogP contribution is 2.33. The molecule has 2 heterocycles. The van der Waals surface area contributed by atoms with Crippen molar-refractivity contribution < 1.29 is 13.2 Å². The van der Waals surface area contributed by atoms with E-state index in [9.17, 15) is 13.2 Å². The van der Waals surface area contributed by atoms with Crippen LogP contribution in [-0.2, 0) is 11.6 Å². The first kappa shape index (κ1) is 13.1. The minimum absolute atomic E-state index is 0.106. The Bertz CT molecular complexity index is 597. The van der Waals surface area contributed by atoms with Gasteiger partial charge in [-0.2, -0.15) is 18.3 Å². The van der Waals surface area contributed by atoms with Crippen molar-refractivity contribution in [2.75, 3.05) is 0 Å². The predicted octanol–water partition coefficient (Wildman–Crippen LogP) is 3.32. The number of hydrogen-bond donors (Lipinski definition) is 1. The molecule has 1 N–H and O–H groups in total. The normalized spacial score (nSPS) is 13.3. The standard InChI is InChI=1S/C10H10ClF3N4/c1-9(2,3)6-4-5(17-18-6)7(11)16-8(15-4)10(12,13)14/h1-3H3,(H,17,18). The summed E-state index contributed by atoms with van der Waals surface area (Å²) in [5.41, 5.74) is 0.326. The Morgan fingerprint density at radius 1 is 1.06 bits per heavy atom. The van der Waals surface area contributed by atoms with Gasteiger partial charge in [-0.15, -0.1) is 0 Å². The van der Waals surface area contributed by atoms with Gasteiger partial charge >= 0.3 is 6.18 Å². The molecule has 0 atom stereocenters. The van der Waals surface area contributed by atoms with Gasteiger partial charge < -0.3 is 0 Å². The number of nitrogens with zero attached hydrogens (tertiary/aromatic N) is 3. The van der Waals surface area contributed by atoms with Gasteiger partial charge in [0.05, 0.1) is 5.69 Å². The van der Waals surface area contributed by atoms with Gasteiger partial charge in [-0.25, -0.2) is 9.97 Å². The van der Waals surface area contributed by atoms with E-state index in [4.69, 9.17) is 11.6 Å². The van der Waals surface area contributed by atoms with Crippen LogP contribution in [0.2, 0.25) is 5.15 Å². The first-order valence-corrected chi connectivity index (χ1v) is 5.48. The van der Waals surface area contributed by atoms with Gasteiger partial charge in [-0.3, -0.25) is 5.10 Å². The predicted molar refractivity (Wildman–Crippen MR) is 60.4 cm³/mol. The van der Waals surface area contributed by atoms with Crippen LogP contribution in [0.3, 0.4) is 0 Å². The first-order valence-electron chi connectivity index (χ1n) is 5.10. The Hall–Kier alpha value is -1.37. The average Bonchev–Trinajstić information content (AvgIpc) is 2.59. The number of aromatic nitrogens is 4. The van der Waals surface area contributed by atoms with E-state index in [1.807, 2.05) is 20.8 Å². The van der Waals surface area contributed by atoms with E-state index in [1.165, 1.54) is 0 Å². The summed E-state index contributed by atoms with van der Waals surface area (Å²) < 4.78 is 37.8. The van der Waals surface area contributed by atoms with Gasteiger partial charge in [0.25, 0.3) is 0 Å². The van der Waals surface area contributed by atoms with Crippen LogP contribution in [0.15, 0.2) is 0 Å². The third kappa shape index (κ3) is 2.14. The first-order chi connectivity index (χ1) is 8.10. The second-order valence-electron chi connectivity index (χ2n) is 4.88. The Morgan fingerprint density at radius 2 is 1.67 bits per heavy atom. The molecule has 0 saturated carbocycles. The second-order valence-corrected chi connectivity index (χ2v) is 5.24. The summed E-state index contributed by atoms with van der Waals surface area (Å²) in [6.07, 6.45) is -4.63. The van der Waals surface area contributed by atoms with Crippen molar-refractivity contribution in [3.05, 3.63) is 16.7 Å². The molecule has 2 aromatic heterocycles. The zero-order valence-corrected chi connectivity index (χ0v) is 10.6. The highest BCUT2D eigenvalue weighted by atomic mass is 35.5. The number of alkyl halides is 3. The summed E-state index contributed by atoms with van der Waals surface area (Å²) in [5, 5.41) is 6.22. The fraction of sp³-hybridized carbons (Fsp3) is 0.500. The minimum Gasteiger partial charge on any atom is -0.279 e. The highest BCUT2D eigenvalue weighted by Gasteiger charge is 2.36. The van der Waals surface area contributed by atoms with Crippen LogP contribution in [-0.4, -0.2) is 20.2 Å². The van der Waals surface area contributed by atoms with Gasteiger partial charge in [0.1, 0.15) is 11.0 Å². The summed E-state index contributed by atoms with van der Waals surface area (Å²) >= 11 is 5.70. The van der Waals surface area contributed by atoms with E-state index in [2.05, 4.69) is 20.2 Å². The van der Waals surface area contributed by atoms with Gasteiger partial charge in [0.15, 0.2) is 5.15 Å². The lowest BCUT2D eigenvalue weighted by Gasteiger charge is -2.16. The van der Waals surface area contributed by atoms with Crippen molar-refractivity contribution >= 4 is 22.6 Å². The second kappa shape index (κ2) is 3.81. The van der Waals surface area contributed by atoms with Crippen molar-refractivity contribution in [2.24, 2.45) is 0 Å². The number of H-pyrrole nitrogens is 1. The maximum atomic E-state index is 12.6. The van der Waals surface area contributed by atoms with Crippen LogP contribution in [0, 0.1) is 0 Å². The number of hydrogen-bond acceptors (Lipinski definition) is 3. The maximum absolute atomic E-state index is 12.6. The molecule has 0 fully saturated rings. The molecule has 2 aromatic rings. The van der Waals surface area contributed by atoms with Crippen molar-refractivity contribution in [1.29, 1.82) is 0 Å². The number of halogens is 4. The van der Waals surface area contributed by atoms with Crippen molar-refractivity contribution in [3.63, 3.8) is 0 Å². The molecule has 8 heteroatoms. The van der Waals surface area contributed by atoms with Crippen LogP contribution >= 0.6 is 11.6 Å². The molecule has 0 saturated heterocycles. The molecule has 0 aromatic carbocycles. The molecular formula is C10H10ClF3N4. The molecule has 4 nitrogen and oxygen atoms in total. The van der Waals surface area contributed by atoms with Crippen LogP contribution in [0.5, 0.6) is 0 Å². The number of fused-ring (bicyclic) bond motifs is 1.